The smallest absolute Gasteiger partial charge is 0.290 e. The molecule has 1 aliphatic rings. The van der Waals surface area contributed by atoms with Gasteiger partial charge in [-0.05, 0) is 47.0 Å². The number of furan rings is 1. The average Bonchev–Trinajstić information content (AvgIpc) is 3.25. The first-order valence-corrected chi connectivity index (χ1v) is 8.67. The highest BCUT2D eigenvalue weighted by molar-refractivity contribution is 9.10. The van der Waals surface area contributed by atoms with Crippen LogP contribution in [0.2, 0.25) is 0 Å². The molecule has 0 aromatic carbocycles. The van der Waals surface area contributed by atoms with Crippen LogP contribution >= 0.6 is 27.3 Å². The van der Waals surface area contributed by atoms with Crippen molar-refractivity contribution in [1.29, 1.82) is 0 Å². The molecule has 1 N–H and O–H groups in total. The van der Waals surface area contributed by atoms with Gasteiger partial charge in [-0.2, -0.15) is 0 Å². The number of amides is 2. The van der Waals surface area contributed by atoms with Crippen molar-refractivity contribution in [2.45, 2.75) is 25.4 Å². The summed E-state index contributed by atoms with van der Waals surface area (Å²) in [4.78, 5) is 27.4. The van der Waals surface area contributed by atoms with E-state index >= 15 is 0 Å². The minimum absolute atomic E-state index is 0.109. The first kappa shape index (κ1) is 15.3. The van der Waals surface area contributed by atoms with Crippen LogP contribution in [0.25, 0.3) is 0 Å². The predicted octanol–water partition coefficient (Wildman–Crippen LogP) is 3.02. The van der Waals surface area contributed by atoms with Gasteiger partial charge in [0.1, 0.15) is 6.04 Å². The Morgan fingerprint density at radius 2 is 2.36 bits per heavy atom. The van der Waals surface area contributed by atoms with Crippen LogP contribution in [-0.4, -0.2) is 29.3 Å². The molecule has 2 aromatic rings. The Balaban J connectivity index is 1.62. The third kappa shape index (κ3) is 3.25. The van der Waals surface area contributed by atoms with E-state index in [1.165, 1.54) is 6.26 Å². The van der Waals surface area contributed by atoms with Gasteiger partial charge in [-0.25, -0.2) is 0 Å². The third-order valence-corrected chi connectivity index (χ3v) is 5.30. The van der Waals surface area contributed by atoms with Crippen molar-refractivity contribution in [2.75, 3.05) is 6.54 Å². The number of halogens is 1. The SMILES string of the molecule is O=C(NCc1cc(Br)cs1)C1CCCN1C(=O)c1ccco1. The standard InChI is InChI=1S/C15H15BrN2O3S/c16-10-7-11(22-9-10)8-17-14(19)12-3-1-5-18(12)15(20)13-4-2-6-21-13/h2,4,6-7,9,12H,1,3,5,8H2,(H,17,19). The van der Waals surface area contributed by atoms with E-state index in [2.05, 4.69) is 21.2 Å². The molecular formula is C15H15BrN2O3S. The fourth-order valence-electron chi connectivity index (χ4n) is 2.56. The molecule has 0 saturated carbocycles. The first-order valence-electron chi connectivity index (χ1n) is 7.00. The van der Waals surface area contributed by atoms with Gasteiger partial charge in [0.2, 0.25) is 5.91 Å². The Morgan fingerprint density at radius 1 is 1.50 bits per heavy atom. The zero-order valence-corrected chi connectivity index (χ0v) is 14.2. The van der Waals surface area contributed by atoms with Crippen LogP contribution < -0.4 is 5.32 Å². The summed E-state index contributed by atoms with van der Waals surface area (Å²) < 4.78 is 6.15. The van der Waals surface area contributed by atoms with E-state index in [1.807, 2.05) is 11.4 Å². The van der Waals surface area contributed by atoms with Crippen LogP contribution in [0.5, 0.6) is 0 Å². The summed E-state index contributed by atoms with van der Waals surface area (Å²) in [5.41, 5.74) is 0. The second-order valence-corrected chi connectivity index (χ2v) is 6.99. The molecule has 2 amide bonds. The van der Waals surface area contributed by atoms with Gasteiger partial charge >= 0.3 is 0 Å². The highest BCUT2D eigenvalue weighted by Crippen LogP contribution is 2.22. The molecule has 7 heteroatoms. The monoisotopic (exact) mass is 382 g/mol. The summed E-state index contributed by atoms with van der Waals surface area (Å²) in [6.07, 6.45) is 2.98. The maximum Gasteiger partial charge on any atom is 0.290 e. The van der Waals surface area contributed by atoms with Gasteiger partial charge in [0.15, 0.2) is 5.76 Å². The minimum Gasteiger partial charge on any atom is -0.459 e. The number of thiophene rings is 1. The second-order valence-electron chi connectivity index (χ2n) is 5.08. The molecule has 2 aromatic heterocycles. The molecule has 1 fully saturated rings. The van der Waals surface area contributed by atoms with Crippen molar-refractivity contribution < 1.29 is 14.0 Å². The summed E-state index contributed by atoms with van der Waals surface area (Å²) in [7, 11) is 0. The quantitative estimate of drug-likeness (QED) is 0.883. The molecule has 0 spiro atoms. The molecule has 1 aliphatic heterocycles. The number of likely N-dealkylation sites (tertiary alicyclic amines) is 1. The lowest BCUT2D eigenvalue weighted by atomic mass is 10.2. The first-order chi connectivity index (χ1) is 10.6. The molecule has 0 aliphatic carbocycles. The summed E-state index contributed by atoms with van der Waals surface area (Å²) in [5.74, 6) is -0.0506. The number of carbonyl (C=O) groups is 2. The minimum atomic E-state index is -0.416. The number of carbonyl (C=O) groups excluding carboxylic acids is 2. The molecule has 1 saturated heterocycles. The molecule has 3 heterocycles. The Morgan fingerprint density at radius 3 is 3.05 bits per heavy atom. The molecule has 3 rings (SSSR count). The Hall–Kier alpha value is -1.60. The van der Waals surface area contributed by atoms with Crippen molar-refractivity contribution in [2.24, 2.45) is 0 Å². The number of hydrogen-bond acceptors (Lipinski definition) is 4. The third-order valence-electron chi connectivity index (χ3n) is 3.61. The highest BCUT2D eigenvalue weighted by Gasteiger charge is 2.35. The van der Waals surface area contributed by atoms with Gasteiger partial charge in [-0.15, -0.1) is 11.3 Å². The molecule has 1 unspecified atom stereocenters. The lowest BCUT2D eigenvalue weighted by Gasteiger charge is -2.22. The second kappa shape index (κ2) is 6.66. The lowest BCUT2D eigenvalue weighted by molar-refractivity contribution is -0.125. The normalized spacial score (nSPS) is 17.7. The largest absolute Gasteiger partial charge is 0.459 e. The van der Waals surface area contributed by atoms with Crippen LogP contribution in [-0.2, 0) is 11.3 Å². The molecule has 0 bridgehead atoms. The summed E-state index contributed by atoms with van der Waals surface area (Å²) in [5, 5.41) is 4.89. The van der Waals surface area contributed by atoms with Gasteiger partial charge in [0.05, 0.1) is 12.8 Å². The molecule has 1 atom stereocenters. The average molecular weight is 383 g/mol. The van der Waals surface area contributed by atoms with Gasteiger partial charge in [0, 0.05) is 21.3 Å². The van der Waals surface area contributed by atoms with Gasteiger partial charge in [0.25, 0.3) is 5.91 Å². The Bertz CT molecular complexity index is 668. The lowest BCUT2D eigenvalue weighted by Crippen LogP contribution is -2.45. The van der Waals surface area contributed by atoms with E-state index in [9.17, 15) is 9.59 Å². The molecular weight excluding hydrogens is 368 g/mol. The van der Waals surface area contributed by atoms with Crippen molar-refractivity contribution in [1.82, 2.24) is 10.2 Å². The summed E-state index contributed by atoms with van der Waals surface area (Å²) in [6.45, 7) is 1.07. The molecule has 22 heavy (non-hydrogen) atoms. The van der Waals surface area contributed by atoms with E-state index in [0.717, 1.165) is 15.8 Å². The van der Waals surface area contributed by atoms with Crippen molar-refractivity contribution >= 4 is 39.1 Å². The molecule has 116 valence electrons. The van der Waals surface area contributed by atoms with Gasteiger partial charge < -0.3 is 14.6 Å². The Kier molecular flexibility index (Phi) is 4.63. The highest BCUT2D eigenvalue weighted by atomic mass is 79.9. The van der Waals surface area contributed by atoms with Crippen LogP contribution in [0, 0.1) is 0 Å². The van der Waals surface area contributed by atoms with Crippen LogP contribution in [0.15, 0.2) is 38.7 Å². The van der Waals surface area contributed by atoms with Gasteiger partial charge in [-0.3, -0.25) is 9.59 Å². The maximum atomic E-state index is 12.4. The van der Waals surface area contributed by atoms with Crippen LogP contribution in [0.4, 0.5) is 0 Å². The van der Waals surface area contributed by atoms with E-state index in [4.69, 9.17) is 4.42 Å². The number of rotatable bonds is 4. The topological polar surface area (TPSA) is 62.6 Å². The summed E-state index contributed by atoms with van der Waals surface area (Å²) >= 11 is 4.97. The van der Waals surface area contributed by atoms with E-state index in [0.29, 0.717) is 19.5 Å². The predicted molar refractivity (Wildman–Crippen MR) is 86.6 cm³/mol. The van der Waals surface area contributed by atoms with E-state index in [-0.39, 0.29) is 17.6 Å². The van der Waals surface area contributed by atoms with Crippen LogP contribution in [0.1, 0.15) is 28.3 Å². The Labute approximate surface area is 140 Å². The van der Waals surface area contributed by atoms with Crippen molar-refractivity contribution in [3.63, 3.8) is 0 Å². The van der Waals surface area contributed by atoms with Crippen LogP contribution in [0.3, 0.4) is 0 Å². The fourth-order valence-corrected chi connectivity index (χ4v) is 3.95. The zero-order valence-electron chi connectivity index (χ0n) is 11.8. The maximum absolute atomic E-state index is 12.4. The van der Waals surface area contributed by atoms with E-state index < -0.39 is 6.04 Å². The van der Waals surface area contributed by atoms with Crippen molar-refractivity contribution in [3.05, 3.63) is 45.0 Å². The number of nitrogens with one attached hydrogen (secondary N) is 1. The molecule has 0 radical (unpaired) electrons. The summed E-state index contributed by atoms with van der Waals surface area (Å²) in [6, 6.07) is 4.86. The number of nitrogens with zero attached hydrogens (tertiary/aromatic N) is 1. The van der Waals surface area contributed by atoms with E-state index in [1.54, 1.807) is 28.4 Å². The van der Waals surface area contributed by atoms with Crippen molar-refractivity contribution in [3.8, 4) is 0 Å². The van der Waals surface area contributed by atoms with Gasteiger partial charge in [-0.1, -0.05) is 0 Å². The number of hydrogen-bond donors (Lipinski definition) is 1. The molecule has 5 nitrogen and oxygen atoms in total. The zero-order chi connectivity index (χ0) is 15.5. The fraction of sp³-hybridized carbons (Fsp3) is 0.333.